The average Bonchev–Trinajstić information content (AvgIpc) is 2.42. The molecule has 1 aliphatic rings. The highest BCUT2D eigenvalue weighted by molar-refractivity contribution is 5.02. The third kappa shape index (κ3) is 2.87. The van der Waals surface area contributed by atoms with Crippen molar-refractivity contribution in [1.82, 2.24) is 14.0 Å². The molecule has 112 valence electrons. The fraction of sp³-hybridized carbons (Fsp3) is 0.733. The lowest BCUT2D eigenvalue weighted by molar-refractivity contribution is 0.130. The van der Waals surface area contributed by atoms with Crippen LogP contribution in [-0.4, -0.2) is 27.1 Å². The van der Waals surface area contributed by atoms with Gasteiger partial charge in [0.15, 0.2) is 0 Å². The van der Waals surface area contributed by atoms with Gasteiger partial charge in [0.2, 0.25) is 0 Å². The minimum absolute atomic E-state index is 0.229. The molecule has 0 amide bonds. The summed E-state index contributed by atoms with van der Waals surface area (Å²) in [4.78, 5) is 26.0. The summed E-state index contributed by atoms with van der Waals surface area (Å²) < 4.78 is 2.72. The summed E-state index contributed by atoms with van der Waals surface area (Å²) in [5, 5.41) is 0. The second kappa shape index (κ2) is 5.95. The average molecular weight is 279 g/mol. The molecule has 2 rings (SSSR count). The molecule has 1 aromatic heterocycles. The smallest absolute Gasteiger partial charge is 0.299 e. The highest BCUT2D eigenvalue weighted by Gasteiger charge is 2.25. The molecule has 1 aliphatic carbocycles. The molecule has 5 nitrogen and oxygen atoms in total. The van der Waals surface area contributed by atoms with Gasteiger partial charge < -0.3 is 0 Å². The van der Waals surface area contributed by atoms with Crippen LogP contribution in [0.4, 0.5) is 0 Å². The van der Waals surface area contributed by atoms with E-state index in [2.05, 4.69) is 18.9 Å². The summed E-state index contributed by atoms with van der Waals surface area (Å²) in [6.07, 6.45) is 5.06. The minimum Gasteiger partial charge on any atom is -0.299 e. The van der Waals surface area contributed by atoms with E-state index >= 15 is 0 Å². The quantitative estimate of drug-likeness (QED) is 0.832. The fourth-order valence-corrected chi connectivity index (χ4v) is 3.25. The molecule has 1 aromatic rings. The van der Waals surface area contributed by atoms with Crippen molar-refractivity contribution in [3.8, 4) is 0 Å². The fourth-order valence-electron chi connectivity index (χ4n) is 3.25. The number of rotatable bonds is 3. The van der Waals surface area contributed by atoms with Gasteiger partial charge >= 0.3 is 5.69 Å². The first-order chi connectivity index (χ1) is 9.41. The van der Waals surface area contributed by atoms with Gasteiger partial charge in [-0.25, -0.2) is 4.79 Å². The van der Waals surface area contributed by atoms with E-state index < -0.39 is 0 Å². The van der Waals surface area contributed by atoms with E-state index in [9.17, 15) is 9.59 Å². The number of aromatic nitrogens is 2. The van der Waals surface area contributed by atoms with Gasteiger partial charge in [0, 0.05) is 38.4 Å². The lowest BCUT2D eigenvalue weighted by atomic mass is 9.85. The molecule has 2 unspecified atom stereocenters. The first-order valence-electron chi connectivity index (χ1n) is 7.38. The maximum absolute atomic E-state index is 11.9. The Labute approximate surface area is 119 Å². The summed E-state index contributed by atoms with van der Waals surface area (Å²) in [5.41, 5.74) is 0.309. The van der Waals surface area contributed by atoms with Crippen molar-refractivity contribution in [2.24, 2.45) is 20.0 Å². The molecule has 2 atom stereocenters. The van der Waals surface area contributed by atoms with Crippen LogP contribution in [0, 0.1) is 5.92 Å². The van der Waals surface area contributed by atoms with Crippen molar-refractivity contribution in [2.45, 2.75) is 45.2 Å². The SMILES string of the molecule is CC1CCCCC1N(C)Cc1cc(=O)n(C)c(=O)n1C. The summed E-state index contributed by atoms with van der Waals surface area (Å²) in [7, 11) is 5.34. The molecule has 0 saturated heterocycles. The number of hydrogen-bond donors (Lipinski definition) is 0. The van der Waals surface area contributed by atoms with Gasteiger partial charge in [-0.1, -0.05) is 19.8 Å². The Hall–Kier alpha value is -1.36. The van der Waals surface area contributed by atoms with Gasteiger partial charge in [-0.05, 0) is 25.8 Å². The zero-order valence-electron chi connectivity index (χ0n) is 12.9. The molecular formula is C15H25N3O2. The monoisotopic (exact) mass is 279 g/mol. The molecule has 20 heavy (non-hydrogen) atoms. The first kappa shape index (κ1) is 15.0. The molecular weight excluding hydrogens is 254 g/mol. The molecule has 0 bridgehead atoms. The van der Waals surface area contributed by atoms with Gasteiger partial charge in [-0.15, -0.1) is 0 Å². The van der Waals surface area contributed by atoms with Gasteiger partial charge in [0.05, 0.1) is 0 Å². The third-order valence-electron chi connectivity index (χ3n) is 4.67. The van der Waals surface area contributed by atoms with Crippen LogP contribution in [0.25, 0.3) is 0 Å². The van der Waals surface area contributed by atoms with Gasteiger partial charge in [0.1, 0.15) is 0 Å². The highest BCUT2D eigenvalue weighted by Crippen LogP contribution is 2.27. The molecule has 0 aliphatic heterocycles. The Bertz CT molecular complexity index is 588. The second-order valence-corrected chi connectivity index (χ2v) is 6.12. The Kier molecular flexibility index (Phi) is 4.48. The van der Waals surface area contributed by atoms with Crippen molar-refractivity contribution in [2.75, 3.05) is 7.05 Å². The van der Waals surface area contributed by atoms with E-state index in [1.165, 1.54) is 32.7 Å². The summed E-state index contributed by atoms with van der Waals surface area (Å²) in [6.45, 7) is 2.94. The zero-order chi connectivity index (χ0) is 14.9. The standard InChI is InChI=1S/C15H25N3O2/c1-11-7-5-6-8-13(11)16(2)10-12-9-14(19)18(4)15(20)17(12)3/h9,11,13H,5-8,10H2,1-4H3. The van der Waals surface area contributed by atoms with E-state index in [0.717, 1.165) is 10.3 Å². The van der Waals surface area contributed by atoms with Gasteiger partial charge in [-0.2, -0.15) is 0 Å². The predicted octanol–water partition coefficient (Wildman–Crippen LogP) is 1.09. The molecule has 1 heterocycles. The van der Waals surface area contributed by atoms with Crippen molar-refractivity contribution in [1.29, 1.82) is 0 Å². The Balaban J connectivity index is 2.22. The molecule has 0 radical (unpaired) electrons. The van der Waals surface area contributed by atoms with E-state index in [1.807, 2.05) is 0 Å². The summed E-state index contributed by atoms with van der Waals surface area (Å²) in [6, 6.07) is 2.12. The van der Waals surface area contributed by atoms with Crippen LogP contribution in [0.3, 0.4) is 0 Å². The zero-order valence-corrected chi connectivity index (χ0v) is 12.9. The van der Waals surface area contributed by atoms with Gasteiger partial charge in [-0.3, -0.25) is 18.8 Å². The van der Waals surface area contributed by atoms with Crippen LogP contribution in [-0.2, 0) is 20.6 Å². The van der Waals surface area contributed by atoms with E-state index in [0.29, 0.717) is 18.5 Å². The predicted molar refractivity (Wildman–Crippen MR) is 79.8 cm³/mol. The Morgan fingerprint density at radius 1 is 1.20 bits per heavy atom. The lowest BCUT2D eigenvalue weighted by Gasteiger charge is -2.36. The summed E-state index contributed by atoms with van der Waals surface area (Å²) in [5.74, 6) is 0.678. The van der Waals surface area contributed by atoms with Crippen molar-refractivity contribution >= 4 is 0 Å². The van der Waals surface area contributed by atoms with Crippen LogP contribution in [0.2, 0.25) is 0 Å². The molecule has 0 aromatic carbocycles. The largest absolute Gasteiger partial charge is 0.330 e. The van der Waals surface area contributed by atoms with Crippen molar-refractivity contribution in [3.05, 3.63) is 32.6 Å². The maximum Gasteiger partial charge on any atom is 0.330 e. The van der Waals surface area contributed by atoms with Crippen LogP contribution >= 0.6 is 0 Å². The maximum atomic E-state index is 11.9. The normalized spacial score (nSPS) is 23.2. The van der Waals surface area contributed by atoms with E-state index in [1.54, 1.807) is 17.7 Å². The Morgan fingerprint density at radius 2 is 1.85 bits per heavy atom. The van der Waals surface area contributed by atoms with Crippen molar-refractivity contribution < 1.29 is 0 Å². The minimum atomic E-state index is -0.252. The van der Waals surface area contributed by atoms with Crippen molar-refractivity contribution in [3.63, 3.8) is 0 Å². The lowest BCUT2D eigenvalue weighted by Crippen LogP contribution is -2.42. The molecule has 0 spiro atoms. The van der Waals surface area contributed by atoms with Crippen LogP contribution in [0.15, 0.2) is 15.7 Å². The summed E-state index contributed by atoms with van der Waals surface area (Å²) >= 11 is 0. The number of hydrogen-bond acceptors (Lipinski definition) is 3. The van der Waals surface area contributed by atoms with Crippen LogP contribution in [0.1, 0.15) is 38.3 Å². The Morgan fingerprint density at radius 3 is 2.50 bits per heavy atom. The highest BCUT2D eigenvalue weighted by atomic mass is 16.2. The van der Waals surface area contributed by atoms with Gasteiger partial charge in [0.25, 0.3) is 5.56 Å². The van der Waals surface area contributed by atoms with E-state index in [-0.39, 0.29) is 11.2 Å². The molecule has 1 fully saturated rings. The first-order valence-corrected chi connectivity index (χ1v) is 7.38. The molecule has 0 N–H and O–H groups in total. The third-order valence-corrected chi connectivity index (χ3v) is 4.67. The van der Waals surface area contributed by atoms with E-state index in [4.69, 9.17) is 0 Å². The van der Waals surface area contributed by atoms with Crippen LogP contribution in [0.5, 0.6) is 0 Å². The molecule has 1 saturated carbocycles. The van der Waals surface area contributed by atoms with Crippen LogP contribution < -0.4 is 11.2 Å². The second-order valence-electron chi connectivity index (χ2n) is 6.12. The molecule has 5 heteroatoms. The topological polar surface area (TPSA) is 47.2 Å². The number of nitrogens with zero attached hydrogens (tertiary/aromatic N) is 3.